The van der Waals surface area contributed by atoms with Gasteiger partial charge in [0.05, 0.1) is 11.7 Å². The molecule has 19 heavy (non-hydrogen) atoms. The van der Waals surface area contributed by atoms with Gasteiger partial charge < -0.3 is 5.73 Å². The maximum atomic E-state index is 12.1. The van der Waals surface area contributed by atoms with E-state index in [0.717, 1.165) is 11.3 Å². The van der Waals surface area contributed by atoms with Crippen molar-refractivity contribution in [2.45, 2.75) is 26.8 Å². The first-order valence-corrected chi connectivity index (χ1v) is 6.27. The third kappa shape index (κ3) is 2.58. The highest BCUT2D eigenvalue weighted by molar-refractivity contribution is 5.36. The molecule has 0 saturated carbocycles. The lowest BCUT2D eigenvalue weighted by Crippen LogP contribution is -2.29. The third-order valence-corrected chi connectivity index (χ3v) is 3.44. The molecule has 2 rings (SSSR count). The average Bonchev–Trinajstić information content (AvgIpc) is 2.36. The molecule has 100 valence electrons. The fourth-order valence-electron chi connectivity index (χ4n) is 2.14. The van der Waals surface area contributed by atoms with Crippen LogP contribution in [0.4, 0.5) is 0 Å². The van der Waals surface area contributed by atoms with E-state index in [9.17, 15) is 4.79 Å². The summed E-state index contributed by atoms with van der Waals surface area (Å²) in [6.07, 6.45) is 0. The molecule has 4 heteroatoms. The van der Waals surface area contributed by atoms with Crippen LogP contribution >= 0.6 is 0 Å². The zero-order chi connectivity index (χ0) is 14.2. The number of hydrogen-bond donors (Lipinski definition) is 1. The largest absolute Gasteiger partial charge is 0.320 e. The van der Waals surface area contributed by atoms with Crippen molar-refractivity contribution in [2.24, 2.45) is 12.8 Å². The standard InChI is InChI=1S/C15H19N3O/c1-9-5-6-12(7-10(9)2)14(16)13-8-11(3)17-18(4)15(13)19/h5-8,14H,16H2,1-4H3. The van der Waals surface area contributed by atoms with Crippen LogP contribution in [0.1, 0.15) is 34.0 Å². The van der Waals surface area contributed by atoms with Crippen molar-refractivity contribution in [1.29, 1.82) is 0 Å². The van der Waals surface area contributed by atoms with Crippen LogP contribution in [-0.2, 0) is 7.05 Å². The van der Waals surface area contributed by atoms with Crippen molar-refractivity contribution in [2.75, 3.05) is 0 Å². The summed E-state index contributed by atoms with van der Waals surface area (Å²) in [4.78, 5) is 12.1. The highest BCUT2D eigenvalue weighted by Crippen LogP contribution is 2.19. The molecule has 2 N–H and O–H groups in total. The molecule has 1 aromatic carbocycles. The number of benzene rings is 1. The molecule has 0 aliphatic rings. The topological polar surface area (TPSA) is 60.9 Å². The van der Waals surface area contributed by atoms with Crippen LogP contribution in [0.3, 0.4) is 0 Å². The molecule has 0 aliphatic carbocycles. The van der Waals surface area contributed by atoms with Gasteiger partial charge in [-0.1, -0.05) is 18.2 Å². The maximum Gasteiger partial charge on any atom is 0.271 e. The predicted octanol–water partition coefficient (Wildman–Crippen LogP) is 1.75. The second-order valence-corrected chi connectivity index (χ2v) is 4.99. The molecule has 0 saturated heterocycles. The Hall–Kier alpha value is -1.94. The van der Waals surface area contributed by atoms with Crippen LogP contribution in [-0.4, -0.2) is 9.78 Å². The minimum atomic E-state index is -0.417. The highest BCUT2D eigenvalue weighted by Gasteiger charge is 2.15. The van der Waals surface area contributed by atoms with E-state index in [1.807, 2.05) is 32.0 Å². The van der Waals surface area contributed by atoms with Gasteiger partial charge in [0.25, 0.3) is 5.56 Å². The molecule has 1 atom stereocenters. The number of rotatable bonds is 2. The summed E-state index contributed by atoms with van der Waals surface area (Å²) in [5, 5.41) is 4.09. The molecule has 0 fully saturated rings. The van der Waals surface area contributed by atoms with Gasteiger partial charge in [0.2, 0.25) is 0 Å². The molecule has 1 heterocycles. The van der Waals surface area contributed by atoms with Crippen molar-refractivity contribution in [1.82, 2.24) is 9.78 Å². The lowest BCUT2D eigenvalue weighted by Gasteiger charge is -2.14. The Morgan fingerprint density at radius 1 is 1.16 bits per heavy atom. The first kappa shape index (κ1) is 13.5. The molecule has 1 aromatic heterocycles. The summed E-state index contributed by atoms with van der Waals surface area (Å²) < 4.78 is 1.34. The molecule has 0 radical (unpaired) electrons. The SMILES string of the molecule is Cc1cc(C(N)c2ccc(C)c(C)c2)c(=O)n(C)n1. The molecule has 0 amide bonds. The molecular weight excluding hydrogens is 238 g/mol. The van der Waals surface area contributed by atoms with Gasteiger partial charge in [0.15, 0.2) is 0 Å². The zero-order valence-corrected chi connectivity index (χ0v) is 11.8. The summed E-state index contributed by atoms with van der Waals surface area (Å²) in [6, 6.07) is 7.39. The Balaban J connectivity index is 2.52. The average molecular weight is 257 g/mol. The van der Waals surface area contributed by atoms with E-state index >= 15 is 0 Å². The van der Waals surface area contributed by atoms with Crippen molar-refractivity contribution < 1.29 is 0 Å². The van der Waals surface area contributed by atoms with Crippen molar-refractivity contribution in [3.8, 4) is 0 Å². The van der Waals surface area contributed by atoms with Crippen LogP contribution in [0.15, 0.2) is 29.1 Å². The Bertz CT molecular complexity index is 674. The van der Waals surface area contributed by atoms with Gasteiger partial charge in [-0.3, -0.25) is 4.79 Å². The lowest BCUT2D eigenvalue weighted by molar-refractivity contribution is 0.666. The fourth-order valence-corrected chi connectivity index (χ4v) is 2.14. The van der Waals surface area contributed by atoms with Crippen molar-refractivity contribution in [3.63, 3.8) is 0 Å². The van der Waals surface area contributed by atoms with Crippen LogP contribution in [0.2, 0.25) is 0 Å². The van der Waals surface area contributed by atoms with E-state index < -0.39 is 6.04 Å². The van der Waals surface area contributed by atoms with E-state index in [4.69, 9.17) is 5.73 Å². The van der Waals surface area contributed by atoms with E-state index in [2.05, 4.69) is 12.0 Å². The van der Waals surface area contributed by atoms with E-state index in [0.29, 0.717) is 5.56 Å². The van der Waals surface area contributed by atoms with Crippen LogP contribution < -0.4 is 11.3 Å². The van der Waals surface area contributed by atoms with Gasteiger partial charge in [0, 0.05) is 12.6 Å². The molecule has 0 bridgehead atoms. The monoisotopic (exact) mass is 257 g/mol. The van der Waals surface area contributed by atoms with Crippen LogP contribution in [0, 0.1) is 20.8 Å². The van der Waals surface area contributed by atoms with E-state index in [-0.39, 0.29) is 5.56 Å². The van der Waals surface area contributed by atoms with Gasteiger partial charge in [-0.05, 0) is 43.5 Å². The van der Waals surface area contributed by atoms with Crippen LogP contribution in [0.25, 0.3) is 0 Å². The zero-order valence-electron chi connectivity index (χ0n) is 11.8. The summed E-state index contributed by atoms with van der Waals surface area (Å²) in [5.74, 6) is 0. The van der Waals surface area contributed by atoms with Crippen molar-refractivity contribution in [3.05, 3.63) is 62.6 Å². The minimum Gasteiger partial charge on any atom is -0.320 e. The lowest BCUT2D eigenvalue weighted by atomic mass is 9.97. The number of aromatic nitrogens is 2. The second kappa shape index (κ2) is 4.97. The van der Waals surface area contributed by atoms with Gasteiger partial charge >= 0.3 is 0 Å². The maximum absolute atomic E-state index is 12.1. The van der Waals surface area contributed by atoms with E-state index in [1.54, 1.807) is 13.1 Å². The number of hydrogen-bond acceptors (Lipinski definition) is 3. The summed E-state index contributed by atoms with van der Waals surface area (Å²) in [7, 11) is 1.64. The van der Waals surface area contributed by atoms with Gasteiger partial charge in [-0.15, -0.1) is 0 Å². The summed E-state index contributed by atoms with van der Waals surface area (Å²) in [6.45, 7) is 5.96. The third-order valence-electron chi connectivity index (χ3n) is 3.44. The highest BCUT2D eigenvalue weighted by atomic mass is 16.1. The fraction of sp³-hybridized carbons (Fsp3) is 0.333. The quantitative estimate of drug-likeness (QED) is 0.891. The van der Waals surface area contributed by atoms with Gasteiger partial charge in [-0.2, -0.15) is 5.10 Å². The van der Waals surface area contributed by atoms with Gasteiger partial charge in [0.1, 0.15) is 0 Å². The predicted molar refractivity (Wildman–Crippen MR) is 76.2 cm³/mol. The number of nitrogens with two attached hydrogens (primary N) is 1. The van der Waals surface area contributed by atoms with E-state index in [1.165, 1.54) is 15.8 Å². The molecule has 1 unspecified atom stereocenters. The minimum absolute atomic E-state index is 0.142. The molecule has 2 aromatic rings. The molecule has 0 aliphatic heterocycles. The molecule has 4 nitrogen and oxygen atoms in total. The first-order chi connectivity index (χ1) is 8.90. The summed E-state index contributed by atoms with van der Waals surface area (Å²) >= 11 is 0. The normalized spacial score (nSPS) is 12.5. The first-order valence-electron chi connectivity index (χ1n) is 6.27. The Morgan fingerprint density at radius 2 is 1.84 bits per heavy atom. The smallest absolute Gasteiger partial charge is 0.271 e. The van der Waals surface area contributed by atoms with Crippen LogP contribution in [0.5, 0.6) is 0 Å². The molecule has 0 spiro atoms. The second-order valence-electron chi connectivity index (χ2n) is 4.99. The summed E-state index contributed by atoms with van der Waals surface area (Å²) in [5.41, 5.74) is 10.8. The Kier molecular flexibility index (Phi) is 3.53. The Labute approximate surface area is 112 Å². The number of aryl methyl sites for hydroxylation is 4. The van der Waals surface area contributed by atoms with Crippen molar-refractivity contribution >= 4 is 0 Å². The van der Waals surface area contributed by atoms with Gasteiger partial charge in [-0.25, -0.2) is 4.68 Å². The molecular formula is C15H19N3O. The Morgan fingerprint density at radius 3 is 2.47 bits per heavy atom. The number of nitrogens with zero attached hydrogens (tertiary/aromatic N) is 2.